The van der Waals surface area contributed by atoms with Gasteiger partial charge in [-0.2, -0.15) is 5.10 Å². The van der Waals surface area contributed by atoms with Crippen molar-refractivity contribution >= 4 is 23.5 Å². The van der Waals surface area contributed by atoms with Gasteiger partial charge in [-0.25, -0.2) is 9.78 Å². The number of aromatic nitrogens is 4. The van der Waals surface area contributed by atoms with Crippen LogP contribution in [0.25, 0.3) is 33.6 Å². The van der Waals surface area contributed by atoms with Crippen LogP contribution in [0.2, 0.25) is 5.02 Å². The number of H-pyrrole nitrogens is 1. The quantitative estimate of drug-likeness (QED) is 0.325. The predicted octanol–water partition coefficient (Wildman–Crippen LogP) is 6.41. The summed E-state index contributed by atoms with van der Waals surface area (Å²) in [5.41, 5.74) is 11.4. The van der Waals surface area contributed by atoms with Crippen molar-refractivity contribution < 1.29 is 9.53 Å². The predicted molar refractivity (Wildman–Crippen MR) is 146 cm³/mol. The Labute approximate surface area is 221 Å². The van der Waals surface area contributed by atoms with Crippen molar-refractivity contribution in [1.82, 2.24) is 24.6 Å². The Kier molecular flexibility index (Phi) is 6.69. The summed E-state index contributed by atoms with van der Waals surface area (Å²) >= 11 is 6.03. The number of halogens is 1. The van der Waals surface area contributed by atoms with Gasteiger partial charge >= 0.3 is 6.09 Å². The largest absolute Gasteiger partial charge is 0.444 e. The first kappa shape index (κ1) is 24.9. The van der Waals surface area contributed by atoms with Crippen molar-refractivity contribution in [3.05, 3.63) is 66.1 Å². The fourth-order valence-corrected chi connectivity index (χ4v) is 4.65. The number of benzene rings is 1. The molecule has 192 valence electrons. The molecule has 37 heavy (non-hydrogen) atoms. The normalized spacial score (nSPS) is 14.6. The molecule has 3 aromatic heterocycles. The number of likely N-dealkylation sites (tertiary alicyclic amines) is 1. The van der Waals surface area contributed by atoms with E-state index in [1.165, 1.54) is 0 Å². The van der Waals surface area contributed by atoms with Crippen molar-refractivity contribution in [2.45, 2.75) is 45.3 Å². The lowest BCUT2D eigenvalue weighted by molar-refractivity contribution is 0.0185. The Morgan fingerprint density at radius 3 is 2.43 bits per heavy atom. The van der Waals surface area contributed by atoms with Gasteiger partial charge in [0.05, 0.1) is 12.2 Å². The number of pyridine rings is 1. The van der Waals surface area contributed by atoms with Crippen LogP contribution in [0.15, 0.2) is 61.1 Å². The maximum Gasteiger partial charge on any atom is 0.410 e. The maximum atomic E-state index is 12.4. The van der Waals surface area contributed by atoms with Gasteiger partial charge in [-0.05, 0) is 69.5 Å². The van der Waals surface area contributed by atoms with Gasteiger partial charge in [0.25, 0.3) is 0 Å². The summed E-state index contributed by atoms with van der Waals surface area (Å²) in [6, 6.07) is 14.0. The lowest BCUT2D eigenvalue weighted by atomic mass is 10.1. The first-order valence-corrected chi connectivity index (χ1v) is 12.8. The standard InChI is InChI=1S/C28H31ClN6O2/c1-28(2,3)37-27(36)34-12-10-22(11-13-34)35-17-20(16-32-35)19-14-23(26(30)31-15-19)25-9-8-24(33-25)18-4-6-21(29)7-5-18/h4-9,14-17,22,33H,10-13H2,1-3H3,(H2,30,31). The van der Waals surface area contributed by atoms with E-state index in [0.717, 1.165) is 46.5 Å². The minimum absolute atomic E-state index is 0.221. The molecule has 3 N–H and O–H groups in total. The molecule has 0 saturated carbocycles. The molecule has 0 aliphatic carbocycles. The van der Waals surface area contributed by atoms with Crippen molar-refractivity contribution in [2.24, 2.45) is 0 Å². The number of nitrogens with two attached hydrogens (primary N) is 1. The summed E-state index contributed by atoms with van der Waals surface area (Å²) in [6.07, 6.45) is 7.05. The van der Waals surface area contributed by atoms with E-state index in [1.807, 2.05) is 80.3 Å². The van der Waals surface area contributed by atoms with Crippen molar-refractivity contribution in [3.63, 3.8) is 0 Å². The van der Waals surface area contributed by atoms with Crippen molar-refractivity contribution in [1.29, 1.82) is 0 Å². The zero-order valence-electron chi connectivity index (χ0n) is 21.2. The van der Waals surface area contributed by atoms with E-state index < -0.39 is 5.60 Å². The first-order chi connectivity index (χ1) is 17.7. The average Bonchev–Trinajstić information content (AvgIpc) is 3.55. The van der Waals surface area contributed by atoms with Crippen LogP contribution in [0, 0.1) is 0 Å². The number of nitrogens with one attached hydrogen (secondary N) is 1. The van der Waals surface area contributed by atoms with Gasteiger partial charge in [0.1, 0.15) is 11.4 Å². The number of carbonyl (C=O) groups is 1. The molecule has 8 nitrogen and oxygen atoms in total. The summed E-state index contributed by atoms with van der Waals surface area (Å²) < 4.78 is 7.50. The number of anilines is 1. The summed E-state index contributed by atoms with van der Waals surface area (Å²) in [5, 5.41) is 5.33. The molecule has 0 radical (unpaired) electrons. The minimum atomic E-state index is -0.492. The second kappa shape index (κ2) is 9.94. The summed E-state index contributed by atoms with van der Waals surface area (Å²) in [5.74, 6) is 0.454. The molecule has 4 aromatic rings. The zero-order chi connectivity index (χ0) is 26.2. The highest BCUT2D eigenvalue weighted by Crippen LogP contribution is 2.32. The van der Waals surface area contributed by atoms with Crippen LogP contribution in [0.5, 0.6) is 0 Å². The molecule has 0 atom stereocenters. The van der Waals surface area contributed by atoms with Gasteiger partial charge in [0.2, 0.25) is 0 Å². The van der Waals surface area contributed by atoms with E-state index in [1.54, 1.807) is 11.1 Å². The number of hydrogen-bond acceptors (Lipinski definition) is 5. The number of nitrogen functional groups attached to an aromatic ring is 1. The highest BCUT2D eigenvalue weighted by atomic mass is 35.5. The molecular formula is C28H31ClN6O2. The fraction of sp³-hybridized carbons (Fsp3) is 0.321. The van der Waals surface area contributed by atoms with Crippen LogP contribution < -0.4 is 5.73 Å². The van der Waals surface area contributed by atoms with E-state index in [-0.39, 0.29) is 12.1 Å². The third-order valence-electron chi connectivity index (χ3n) is 6.48. The average molecular weight is 519 g/mol. The van der Waals surface area contributed by atoms with E-state index >= 15 is 0 Å². The van der Waals surface area contributed by atoms with Gasteiger partial charge in [-0.15, -0.1) is 0 Å². The Bertz CT molecular complexity index is 1390. The number of piperidine rings is 1. The highest BCUT2D eigenvalue weighted by Gasteiger charge is 2.28. The molecule has 0 bridgehead atoms. The number of nitrogens with zero attached hydrogens (tertiary/aromatic N) is 4. The molecule has 4 heterocycles. The third kappa shape index (κ3) is 5.64. The molecule has 9 heteroatoms. The number of carbonyl (C=O) groups excluding carboxylic acids is 1. The Balaban J connectivity index is 1.30. The smallest absolute Gasteiger partial charge is 0.410 e. The monoisotopic (exact) mass is 518 g/mol. The van der Waals surface area contributed by atoms with E-state index in [4.69, 9.17) is 22.1 Å². The van der Waals surface area contributed by atoms with Crippen LogP contribution in [-0.4, -0.2) is 49.4 Å². The van der Waals surface area contributed by atoms with E-state index in [0.29, 0.717) is 23.9 Å². The number of ether oxygens (including phenoxy) is 1. The molecule has 1 aliphatic heterocycles. The lowest BCUT2D eigenvalue weighted by Crippen LogP contribution is -2.42. The second-order valence-electron chi connectivity index (χ2n) is 10.4. The zero-order valence-corrected chi connectivity index (χ0v) is 22.0. The number of rotatable bonds is 4. The third-order valence-corrected chi connectivity index (χ3v) is 6.73. The topological polar surface area (TPSA) is 102 Å². The number of amides is 1. The summed E-state index contributed by atoms with van der Waals surface area (Å²) in [4.78, 5) is 22.0. The first-order valence-electron chi connectivity index (χ1n) is 12.4. The minimum Gasteiger partial charge on any atom is -0.444 e. The fourth-order valence-electron chi connectivity index (χ4n) is 4.53. The second-order valence-corrected chi connectivity index (χ2v) is 10.8. The summed E-state index contributed by atoms with van der Waals surface area (Å²) in [7, 11) is 0. The van der Waals surface area contributed by atoms with Gasteiger partial charge in [0.15, 0.2) is 0 Å². The Morgan fingerprint density at radius 2 is 1.73 bits per heavy atom. The molecule has 1 saturated heterocycles. The van der Waals surface area contributed by atoms with Gasteiger partial charge in [-0.3, -0.25) is 4.68 Å². The molecule has 1 aromatic carbocycles. The molecule has 1 amide bonds. The number of hydrogen-bond donors (Lipinski definition) is 2. The SMILES string of the molecule is CC(C)(C)OC(=O)N1CCC(n2cc(-c3cnc(N)c(-c4ccc(-c5ccc(Cl)cc5)[nH]4)c3)cn2)CC1. The Morgan fingerprint density at radius 1 is 1.03 bits per heavy atom. The van der Waals surface area contributed by atoms with Gasteiger partial charge in [0, 0.05) is 58.6 Å². The molecule has 0 spiro atoms. The van der Waals surface area contributed by atoms with Crippen LogP contribution >= 0.6 is 11.6 Å². The summed E-state index contributed by atoms with van der Waals surface area (Å²) in [6.45, 7) is 6.94. The van der Waals surface area contributed by atoms with Crippen LogP contribution in [0.1, 0.15) is 39.7 Å². The van der Waals surface area contributed by atoms with Crippen LogP contribution in [0.4, 0.5) is 10.6 Å². The van der Waals surface area contributed by atoms with E-state index in [9.17, 15) is 4.79 Å². The van der Waals surface area contributed by atoms with Crippen molar-refractivity contribution in [2.75, 3.05) is 18.8 Å². The Hall–Kier alpha value is -3.78. The van der Waals surface area contributed by atoms with E-state index in [2.05, 4.69) is 15.1 Å². The van der Waals surface area contributed by atoms with Crippen molar-refractivity contribution in [3.8, 4) is 33.6 Å². The van der Waals surface area contributed by atoms with Crippen LogP contribution in [-0.2, 0) is 4.74 Å². The highest BCUT2D eigenvalue weighted by molar-refractivity contribution is 6.30. The molecule has 5 rings (SSSR count). The molecule has 1 fully saturated rings. The van der Waals surface area contributed by atoms with Gasteiger partial charge < -0.3 is 20.4 Å². The molecule has 1 aliphatic rings. The van der Waals surface area contributed by atoms with Crippen LogP contribution in [0.3, 0.4) is 0 Å². The lowest BCUT2D eigenvalue weighted by Gasteiger charge is -2.33. The van der Waals surface area contributed by atoms with Gasteiger partial charge in [-0.1, -0.05) is 23.7 Å². The maximum absolute atomic E-state index is 12.4. The number of aromatic amines is 1. The molecule has 0 unspecified atom stereocenters. The molecular weight excluding hydrogens is 488 g/mol.